The van der Waals surface area contributed by atoms with E-state index in [0.29, 0.717) is 13.0 Å². The molecule has 0 heterocycles. The maximum absolute atomic E-state index is 11.2. The first-order valence-electron chi connectivity index (χ1n) is 4.20. The van der Waals surface area contributed by atoms with Crippen LogP contribution in [0.1, 0.15) is 13.3 Å². The van der Waals surface area contributed by atoms with Crippen LogP contribution in [0.3, 0.4) is 0 Å². The number of amides is 1. The molecule has 4 nitrogen and oxygen atoms in total. The first kappa shape index (κ1) is 12.7. The van der Waals surface area contributed by atoms with E-state index < -0.39 is 0 Å². The Bertz CT molecular complexity index is 146. The summed E-state index contributed by atoms with van der Waals surface area (Å²) in [6.45, 7) is 2.14. The highest BCUT2D eigenvalue weighted by Crippen LogP contribution is 1.97. The minimum Gasteiger partial charge on any atom is -0.396 e. The molecule has 0 aliphatic carbocycles. The Labute approximate surface area is 84.1 Å². The molecule has 0 spiro atoms. The molecule has 5 heteroatoms. The van der Waals surface area contributed by atoms with Gasteiger partial charge in [0.25, 0.3) is 0 Å². The second-order valence-corrected chi connectivity index (χ2v) is 3.62. The van der Waals surface area contributed by atoms with E-state index in [4.69, 9.17) is 9.84 Å². The molecule has 0 saturated carbocycles. The SMILES string of the molecule is COCC(CCO)NC(=O)C(C)S. The molecule has 0 saturated heterocycles. The number of aliphatic hydroxyl groups excluding tert-OH is 1. The molecule has 0 bridgehead atoms. The molecule has 0 aromatic rings. The molecule has 0 aliphatic rings. The number of ether oxygens (including phenoxy) is 1. The number of hydrogen-bond donors (Lipinski definition) is 3. The Kier molecular flexibility index (Phi) is 7.03. The second kappa shape index (κ2) is 7.17. The van der Waals surface area contributed by atoms with Crippen molar-refractivity contribution >= 4 is 18.5 Å². The fourth-order valence-electron chi connectivity index (χ4n) is 0.876. The van der Waals surface area contributed by atoms with E-state index in [-0.39, 0.29) is 23.8 Å². The van der Waals surface area contributed by atoms with Gasteiger partial charge < -0.3 is 15.2 Å². The number of thiol groups is 1. The van der Waals surface area contributed by atoms with Crippen LogP contribution in [-0.4, -0.2) is 42.6 Å². The van der Waals surface area contributed by atoms with Crippen molar-refractivity contribution < 1.29 is 14.6 Å². The van der Waals surface area contributed by atoms with Crippen molar-refractivity contribution in [1.82, 2.24) is 5.32 Å². The molecule has 0 fully saturated rings. The van der Waals surface area contributed by atoms with Gasteiger partial charge in [0.1, 0.15) is 0 Å². The van der Waals surface area contributed by atoms with Crippen LogP contribution in [0, 0.1) is 0 Å². The average Bonchev–Trinajstić information content (AvgIpc) is 2.05. The van der Waals surface area contributed by atoms with Crippen molar-refractivity contribution in [3.8, 4) is 0 Å². The van der Waals surface area contributed by atoms with Gasteiger partial charge in [-0.3, -0.25) is 4.79 Å². The van der Waals surface area contributed by atoms with Crippen LogP contribution in [0.2, 0.25) is 0 Å². The Hall–Kier alpha value is -0.260. The van der Waals surface area contributed by atoms with Crippen molar-refractivity contribution in [2.45, 2.75) is 24.6 Å². The van der Waals surface area contributed by atoms with Crippen LogP contribution in [-0.2, 0) is 9.53 Å². The highest BCUT2D eigenvalue weighted by atomic mass is 32.1. The van der Waals surface area contributed by atoms with E-state index >= 15 is 0 Å². The Morgan fingerprint density at radius 3 is 2.69 bits per heavy atom. The minimum absolute atomic E-state index is 0.0370. The zero-order valence-electron chi connectivity index (χ0n) is 7.99. The van der Waals surface area contributed by atoms with Gasteiger partial charge >= 0.3 is 0 Å². The highest BCUT2D eigenvalue weighted by molar-refractivity contribution is 7.81. The summed E-state index contributed by atoms with van der Waals surface area (Å²) in [6.07, 6.45) is 0.500. The molecular weight excluding hydrogens is 190 g/mol. The van der Waals surface area contributed by atoms with E-state index in [1.807, 2.05) is 0 Å². The number of rotatable bonds is 6. The van der Waals surface area contributed by atoms with Crippen LogP contribution >= 0.6 is 12.6 Å². The molecule has 0 rings (SSSR count). The van der Waals surface area contributed by atoms with E-state index in [0.717, 1.165) is 0 Å². The summed E-state index contributed by atoms with van der Waals surface area (Å²) < 4.78 is 4.89. The summed E-state index contributed by atoms with van der Waals surface area (Å²) in [7, 11) is 1.56. The lowest BCUT2D eigenvalue weighted by molar-refractivity contribution is -0.121. The zero-order chi connectivity index (χ0) is 10.3. The van der Waals surface area contributed by atoms with Gasteiger partial charge in [-0.05, 0) is 13.3 Å². The standard InChI is InChI=1S/C8H17NO3S/c1-6(13)8(11)9-7(3-4-10)5-12-2/h6-7,10,13H,3-5H2,1-2H3,(H,9,11). The van der Waals surface area contributed by atoms with Gasteiger partial charge in [-0.15, -0.1) is 0 Å². The molecule has 2 N–H and O–H groups in total. The number of hydrogen-bond acceptors (Lipinski definition) is 4. The molecule has 1 amide bonds. The van der Waals surface area contributed by atoms with E-state index in [2.05, 4.69) is 17.9 Å². The predicted octanol–water partition coefficient (Wildman–Crippen LogP) is -0.182. The number of carbonyl (C=O) groups is 1. The summed E-state index contributed by atoms with van der Waals surface area (Å²) in [4.78, 5) is 11.2. The monoisotopic (exact) mass is 207 g/mol. The first-order chi connectivity index (χ1) is 6.11. The molecular formula is C8H17NO3S. The fraction of sp³-hybridized carbons (Fsp3) is 0.875. The minimum atomic E-state index is -0.335. The van der Waals surface area contributed by atoms with Gasteiger partial charge in [-0.25, -0.2) is 0 Å². The molecule has 78 valence electrons. The number of nitrogens with one attached hydrogen (secondary N) is 1. The second-order valence-electron chi connectivity index (χ2n) is 2.85. The van der Waals surface area contributed by atoms with Crippen molar-refractivity contribution in [2.75, 3.05) is 20.3 Å². The van der Waals surface area contributed by atoms with Gasteiger partial charge in [0.05, 0.1) is 17.9 Å². The highest BCUT2D eigenvalue weighted by Gasteiger charge is 2.14. The number of carbonyl (C=O) groups excluding carboxylic acids is 1. The molecule has 0 aromatic carbocycles. The summed E-state index contributed by atoms with van der Waals surface area (Å²) in [6, 6.07) is -0.128. The van der Waals surface area contributed by atoms with E-state index in [1.54, 1.807) is 14.0 Å². The smallest absolute Gasteiger partial charge is 0.232 e. The predicted molar refractivity (Wildman–Crippen MR) is 54.0 cm³/mol. The van der Waals surface area contributed by atoms with Gasteiger partial charge in [0.15, 0.2) is 0 Å². The van der Waals surface area contributed by atoms with Gasteiger partial charge in [-0.2, -0.15) is 12.6 Å². The maximum Gasteiger partial charge on any atom is 0.232 e. The Morgan fingerprint density at radius 1 is 1.69 bits per heavy atom. The third-order valence-corrected chi connectivity index (χ3v) is 1.81. The Morgan fingerprint density at radius 2 is 2.31 bits per heavy atom. The maximum atomic E-state index is 11.2. The van der Waals surface area contributed by atoms with Crippen LogP contribution in [0.4, 0.5) is 0 Å². The van der Waals surface area contributed by atoms with Gasteiger partial charge in [-0.1, -0.05) is 0 Å². The fourth-order valence-corrected chi connectivity index (χ4v) is 0.951. The van der Waals surface area contributed by atoms with Crippen LogP contribution < -0.4 is 5.32 Å². The molecule has 2 unspecified atom stereocenters. The zero-order valence-corrected chi connectivity index (χ0v) is 8.88. The van der Waals surface area contributed by atoms with E-state index in [1.165, 1.54) is 0 Å². The number of methoxy groups -OCH3 is 1. The lowest BCUT2D eigenvalue weighted by Crippen LogP contribution is -2.41. The first-order valence-corrected chi connectivity index (χ1v) is 4.71. The van der Waals surface area contributed by atoms with Gasteiger partial charge in [0.2, 0.25) is 5.91 Å². The van der Waals surface area contributed by atoms with Gasteiger partial charge in [0, 0.05) is 13.7 Å². The van der Waals surface area contributed by atoms with Crippen LogP contribution in [0.5, 0.6) is 0 Å². The van der Waals surface area contributed by atoms with Crippen molar-refractivity contribution in [3.63, 3.8) is 0 Å². The molecule has 0 aliphatic heterocycles. The quantitative estimate of drug-likeness (QED) is 0.529. The molecule has 13 heavy (non-hydrogen) atoms. The summed E-state index contributed by atoms with van der Waals surface area (Å²) in [5.41, 5.74) is 0. The summed E-state index contributed by atoms with van der Waals surface area (Å²) >= 11 is 3.99. The third-order valence-electron chi connectivity index (χ3n) is 1.57. The van der Waals surface area contributed by atoms with Crippen molar-refractivity contribution in [2.24, 2.45) is 0 Å². The summed E-state index contributed by atoms with van der Waals surface area (Å²) in [5, 5.41) is 11.1. The lowest BCUT2D eigenvalue weighted by atomic mass is 10.2. The average molecular weight is 207 g/mol. The lowest BCUT2D eigenvalue weighted by Gasteiger charge is -2.17. The van der Waals surface area contributed by atoms with E-state index in [9.17, 15) is 4.79 Å². The van der Waals surface area contributed by atoms with Crippen molar-refractivity contribution in [3.05, 3.63) is 0 Å². The topological polar surface area (TPSA) is 58.6 Å². The Balaban J connectivity index is 3.86. The molecule has 2 atom stereocenters. The summed E-state index contributed by atoms with van der Waals surface area (Å²) in [5.74, 6) is -0.140. The third kappa shape index (κ3) is 5.90. The number of aliphatic hydroxyl groups is 1. The van der Waals surface area contributed by atoms with Crippen LogP contribution in [0.15, 0.2) is 0 Å². The normalized spacial score (nSPS) is 15.1. The van der Waals surface area contributed by atoms with Crippen LogP contribution in [0.25, 0.3) is 0 Å². The largest absolute Gasteiger partial charge is 0.396 e. The van der Waals surface area contributed by atoms with Crippen molar-refractivity contribution in [1.29, 1.82) is 0 Å². The molecule has 0 radical (unpaired) electrons. The molecule has 0 aromatic heterocycles.